The molecular weight excluding hydrogens is 282 g/mol. The van der Waals surface area contributed by atoms with Gasteiger partial charge in [0.15, 0.2) is 0 Å². The third kappa shape index (κ3) is 3.19. The molecule has 1 aromatic carbocycles. The Morgan fingerprint density at radius 1 is 1.26 bits per heavy atom. The van der Waals surface area contributed by atoms with Gasteiger partial charge in [-0.25, -0.2) is 6.57 Å². The lowest BCUT2D eigenvalue weighted by molar-refractivity contribution is 0.0173. The van der Waals surface area contributed by atoms with Crippen LogP contribution < -0.4 is 0 Å². The van der Waals surface area contributed by atoms with Crippen molar-refractivity contribution >= 4 is 11.9 Å². The Morgan fingerprint density at radius 3 is 2.65 bits per heavy atom. The van der Waals surface area contributed by atoms with E-state index in [4.69, 9.17) is 6.57 Å². The number of fused-ring (bicyclic) bond motifs is 1. The summed E-state index contributed by atoms with van der Waals surface area (Å²) < 4.78 is 0. The fraction of sp³-hybridized carbons (Fsp3) is 0.600. The summed E-state index contributed by atoms with van der Waals surface area (Å²) in [7, 11) is 0. The lowest BCUT2D eigenvalue weighted by Gasteiger charge is -2.46. The van der Waals surface area contributed by atoms with Gasteiger partial charge in [-0.05, 0) is 48.5 Å². The van der Waals surface area contributed by atoms with Gasteiger partial charge in [0.25, 0.3) is 0 Å². The smallest absolute Gasteiger partial charge is 0.220 e. The molecule has 3 rings (SSSR count). The lowest BCUT2D eigenvalue weighted by atomic mass is 9.61. The molecule has 2 aliphatic rings. The van der Waals surface area contributed by atoms with E-state index in [1.165, 1.54) is 11.1 Å². The molecule has 1 aromatic rings. The van der Waals surface area contributed by atoms with Gasteiger partial charge in [-0.2, -0.15) is 0 Å². The molecule has 0 saturated carbocycles. The Morgan fingerprint density at radius 2 is 2.00 bits per heavy atom. The van der Waals surface area contributed by atoms with E-state index in [0.29, 0.717) is 6.54 Å². The number of piperidine rings is 1. The number of benzene rings is 1. The maximum Gasteiger partial charge on any atom is 0.220 e. The van der Waals surface area contributed by atoms with Crippen molar-refractivity contribution in [3.63, 3.8) is 0 Å². The van der Waals surface area contributed by atoms with Crippen molar-refractivity contribution in [2.45, 2.75) is 46.6 Å². The third-order valence-electron chi connectivity index (χ3n) is 5.88. The van der Waals surface area contributed by atoms with Gasteiger partial charge >= 0.3 is 0 Å². The first-order valence-electron chi connectivity index (χ1n) is 8.63. The van der Waals surface area contributed by atoms with Gasteiger partial charge in [0, 0.05) is 24.6 Å². The Kier molecular flexibility index (Phi) is 4.29. The monoisotopic (exact) mass is 309 g/mol. The number of hydrogen-bond donors (Lipinski definition) is 0. The van der Waals surface area contributed by atoms with Crippen molar-refractivity contribution in [2.75, 3.05) is 19.6 Å². The highest BCUT2D eigenvalue weighted by Crippen LogP contribution is 2.47. The first-order chi connectivity index (χ1) is 10.9. The molecule has 2 aliphatic heterocycles. The van der Waals surface area contributed by atoms with Crippen LogP contribution >= 0.6 is 0 Å². The van der Waals surface area contributed by atoms with E-state index in [0.717, 1.165) is 44.6 Å². The maximum atomic E-state index is 7.34. The highest BCUT2D eigenvalue weighted by Gasteiger charge is 2.46. The van der Waals surface area contributed by atoms with Gasteiger partial charge in [-0.15, -0.1) is 0 Å². The Balaban J connectivity index is 1.64. The molecule has 0 unspecified atom stereocenters. The van der Waals surface area contributed by atoms with Crippen LogP contribution in [0.4, 0.5) is 5.69 Å². The number of likely N-dealkylation sites (tertiary alicyclic amines) is 1. The predicted octanol–water partition coefficient (Wildman–Crippen LogP) is 4.49. The Bertz CT molecular complexity index is 638. The summed E-state index contributed by atoms with van der Waals surface area (Å²) >= 11 is 0. The van der Waals surface area contributed by atoms with Crippen molar-refractivity contribution in [3.05, 3.63) is 40.7 Å². The molecule has 122 valence electrons. The molecule has 1 fully saturated rings. The van der Waals surface area contributed by atoms with Crippen LogP contribution in [0.1, 0.15) is 44.7 Å². The average Bonchev–Trinajstić information content (AvgIpc) is 2.96. The van der Waals surface area contributed by atoms with Gasteiger partial charge in [0.05, 0.1) is 5.69 Å². The fourth-order valence-corrected chi connectivity index (χ4v) is 3.96. The first-order valence-corrected chi connectivity index (χ1v) is 8.63. The number of nitrogens with zero attached hydrogens (tertiary/aromatic N) is 3. The summed E-state index contributed by atoms with van der Waals surface area (Å²) in [5, 5.41) is 0. The molecule has 0 bridgehead atoms. The maximum absolute atomic E-state index is 7.34. The van der Waals surface area contributed by atoms with E-state index in [-0.39, 0.29) is 10.8 Å². The summed E-state index contributed by atoms with van der Waals surface area (Å²) in [5.41, 5.74) is 4.27. The van der Waals surface area contributed by atoms with E-state index in [1.807, 2.05) is 6.21 Å². The van der Waals surface area contributed by atoms with Gasteiger partial charge in [-0.1, -0.05) is 32.9 Å². The van der Waals surface area contributed by atoms with Crippen molar-refractivity contribution in [2.24, 2.45) is 15.8 Å². The van der Waals surface area contributed by atoms with Crippen molar-refractivity contribution in [1.29, 1.82) is 0 Å². The van der Waals surface area contributed by atoms with E-state index in [1.54, 1.807) is 0 Å². The summed E-state index contributed by atoms with van der Waals surface area (Å²) in [6.45, 7) is 18.1. The SMILES string of the molecule is [C-]#[N+]CC1(C(C)(C)C)CCN(Cc2ccc3c(c2)CC=N3)CC1. The minimum absolute atomic E-state index is 0.178. The average molecular weight is 309 g/mol. The van der Waals surface area contributed by atoms with E-state index >= 15 is 0 Å². The molecule has 0 aliphatic carbocycles. The standard InChI is InChI=1S/C20H27N3/c1-19(2,3)20(15-21-4)8-11-23(12-9-20)14-16-5-6-18-17(13-16)7-10-22-18/h5-6,10,13H,7-9,11-12,14-15H2,1-3H3. The molecule has 0 atom stereocenters. The molecule has 3 heteroatoms. The third-order valence-corrected chi connectivity index (χ3v) is 5.88. The van der Waals surface area contributed by atoms with Crippen molar-refractivity contribution in [3.8, 4) is 0 Å². The summed E-state index contributed by atoms with van der Waals surface area (Å²) in [5.74, 6) is 0. The molecule has 0 radical (unpaired) electrons. The summed E-state index contributed by atoms with van der Waals surface area (Å²) in [4.78, 5) is 10.7. The van der Waals surface area contributed by atoms with Crippen LogP contribution in [0, 0.1) is 17.4 Å². The Labute approximate surface area is 140 Å². The summed E-state index contributed by atoms with van der Waals surface area (Å²) in [6, 6.07) is 6.68. The molecule has 23 heavy (non-hydrogen) atoms. The lowest BCUT2D eigenvalue weighted by Crippen LogP contribution is -2.47. The largest absolute Gasteiger partial charge is 0.316 e. The molecule has 3 nitrogen and oxygen atoms in total. The van der Waals surface area contributed by atoms with Crippen LogP contribution in [-0.4, -0.2) is 30.7 Å². The zero-order valence-corrected chi connectivity index (χ0v) is 14.6. The number of rotatable bonds is 3. The number of aliphatic imine (C=N–C) groups is 1. The molecule has 0 spiro atoms. The van der Waals surface area contributed by atoms with Gasteiger partial charge in [0.1, 0.15) is 0 Å². The second-order valence-electron chi connectivity index (χ2n) is 8.10. The number of hydrogen-bond acceptors (Lipinski definition) is 2. The van der Waals surface area contributed by atoms with Gasteiger partial charge in [-0.3, -0.25) is 9.89 Å². The Hall–Kier alpha value is -1.66. The van der Waals surface area contributed by atoms with E-state index in [2.05, 4.69) is 53.7 Å². The molecular formula is C20H27N3. The molecule has 1 saturated heterocycles. The first kappa shape index (κ1) is 16.2. The van der Waals surface area contributed by atoms with E-state index in [9.17, 15) is 0 Å². The van der Waals surface area contributed by atoms with Gasteiger partial charge < -0.3 is 4.85 Å². The van der Waals surface area contributed by atoms with Crippen LogP contribution in [-0.2, 0) is 13.0 Å². The second-order valence-corrected chi connectivity index (χ2v) is 8.10. The topological polar surface area (TPSA) is 20.0 Å². The van der Waals surface area contributed by atoms with Crippen LogP contribution in [0.15, 0.2) is 23.2 Å². The summed E-state index contributed by atoms with van der Waals surface area (Å²) in [6.07, 6.45) is 5.23. The van der Waals surface area contributed by atoms with Crippen LogP contribution in [0.5, 0.6) is 0 Å². The zero-order chi connectivity index (χ0) is 16.5. The molecule has 0 N–H and O–H groups in total. The molecule has 2 heterocycles. The van der Waals surface area contributed by atoms with Crippen LogP contribution in [0.3, 0.4) is 0 Å². The minimum atomic E-state index is 0.178. The highest BCUT2D eigenvalue weighted by molar-refractivity contribution is 5.75. The molecule has 0 amide bonds. The quantitative estimate of drug-likeness (QED) is 0.753. The van der Waals surface area contributed by atoms with E-state index < -0.39 is 0 Å². The predicted molar refractivity (Wildman–Crippen MR) is 96.2 cm³/mol. The van der Waals surface area contributed by atoms with Gasteiger partial charge in [0.2, 0.25) is 6.54 Å². The van der Waals surface area contributed by atoms with Crippen LogP contribution in [0.25, 0.3) is 4.85 Å². The molecule has 0 aromatic heterocycles. The normalized spacial score (nSPS) is 20.3. The van der Waals surface area contributed by atoms with Crippen LogP contribution in [0.2, 0.25) is 0 Å². The second kappa shape index (κ2) is 6.09. The van der Waals surface area contributed by atoms with Crippen molar-refractivity contribution < 1.29 is 0 Å². The zero-order valence-electron chi connectivity index (χ0n) is 14.6. The fourth-order valence-electron chi connectivity index (χ4n) is 3.96. The van der Waals surface area contributed by atoms with Crippen molar-refractivity contribution in [1.82, 2.24) is 4.90 Å². The minimum Gasteiger partial charge on any atom is -0.316 e. The highest BCUT2D eigenvalue weighted by atomic mass is 15.1.